The van der Waals surface area contributed by atoms with Crippen LogP contribution >= 0.6 is 11.3 Å². The second-order valence-electron chi connectivity index (χ2n) is 6.95. The van der Waals surface area contributed by atoms with Gasteiger partial charge in [-0.05, 0) is 17.5 Å². The summed E-state index contributed by atoms with van der Waals surface area (Å²) in [6.07, 6.45) is 5.90. The number of amides is 1. The Balaban J connectivity index is 0.00000225. The Hall–Kier alpha value is -1.11. The Morgan fingerprint density at radius 1 is 1.36 bits per heavy atom. The molecule has 2 bridgehead atoms. The lowest BCUT2D eigenvalue weighted by Crippen LogP contribution is -3.00. The van der Waals surface area contributed by atoms with Crippen LogP contribution in [0.3, 0.4) is 0 Å². The first-order valence-corrected chi connectivity index (χ1v) is 9.58. The third kappa shape index (κ3) is 4.74. The Morgan fingerprint density at radius 3 is 2.72 bits per heavy atom. The fraction of sp³-hybridized carbons (Fsp3) is 0.526. The van der Waals surface area contributed by atoms with E-state index in [9.17, 15) is 4.79 Å². The molecule has 4 rings (SSSR count). The van der Waals surface area contributed by atoms with Crippen LogP contribution in [0.4, 0.5) is 4.79 Å². The SMILES string of the molecule is C=CCN(Cc1cccs1)C(=O)O[C@H]1C[N+]2(CC=C)CCC1CC2.[Br-]. The van der Waals surface area contributed by atoms with Gasteiger partial charge in [0, 0.05) is 30.2 Å². The number of halogens is 1. The second-order valence-corrected chi connectivity index (χ2v) is 7.98. The summed E-state index contributed by atoms with van der Waals surface area (Å²) < 4.78 is 6.99. The fourth-order valence-electron chi connectivity index (χ4n) is 4.04. The first-order valence-electron chi connectivity index (χ1n) is 8.70. The van der Waals surface area contributed by atoms with E-state index in [0.29, 0.717) is 19.0 Å². The maximum Gasteiger partial charge on any atom is 0.410 e. The van der Waals surface area contributed by atoms with Crippen molar-refractivity contribution in [1.82, 2.24) is 4.90 Å². The molecule has 0 saturated carbocycles. The van der Waals surface area contributed by atoms with Crippen molar-refractivity contribution in [3.05, 3.63) is 47.7 Å². The molecule has 3 aliphatic rings. The van der Waals surface area contributed by atoms with Gasteiger partial charge in [-0.25, -0.2) is 4.79 Å². The fourth-order valence-corrected chi connectivity index (χ4v) is 4.76. The van der Waals surface area contributed by atoms with Gasteiger partial charge in [0.15, 0.2) is 6.10 Å². The van der Waals surface area contributed by atoms with Crippen molar-refractivity contribution >= 4 is 17.4 Å². The number of hydrogen-bond donors (Lipinski definition) is 0. The summed E-state index contributed by atoms with van der Waals surface area (Å²) in [5.41, 5.74) is 0. The molecule has 0 aromatic carbocycles. The number of fused-ring (bicyclic) bond motifs is 3. The minimum Gasteiger partial charge on any atom is -1.00 e. The highest BCUT2D eigenvalue weighted by atomic mass is 79.9. The van der Waals surface area contributed by atoms with Crippen LogP contribution in [0.5, 0.6) is 0 Å². The van der Waals surface area contributed by atoms with Gasteiger partial charge in [0.25, 0.3) is 0 Å². The highest BCUT2D eigenvalue weighted by molar-refractivity contribution is 7.09. The van der Waals surface area contributed by atoms with E-state index in [1.807, 2.05) is 23.6 Å². The number of ether oxygens (including phenoxy) is 1. The lowest BCUT2D eigenvalue weighted by atomic mass is 9.83. The van der Waals surface area contributed by atoms with Crippen LogP contribution in [0.15, 0.2) is 42.8 Å². The smallest absolute Gasteiger partial charge is 0.410 e. The molecule has 3 fully saturated rings. The molecule has 1 aromatic rings. The molecule has 138 valence electrons. The van der Waals surface area contributed by atoms with Crippen LogP contribution in [0.1, 0.15) is 17.7 Å². The maximum absolute atomic E-state index is 12.7. The number of quaternary nitrogens is 1. The standard InChI is InChI=1S/C19H27N2O2S.BrH/c1-3-9-20(14-17-6-5-13-24-17)19(22)23-18-15-21(10-4-2)11-7-16(18)8-12-21;/h3-6,13,16,18H,1-2,7-12,14-15H2;1H/q+1;/p-1/t16?,18-,21?;/m0./s1. The van der Waals surface area contributed by atoms with Gasteiger partial charge in [0.2, 0.25) is 0 Å². The monoisotopic (exact) mass is 426 g/mol. The number of carbonyl (C=O) groups excluding carboxylic acids is 1. The van der Waals surface area contributed by atoms with Crippen molar-refractivity contribution in [3.63, 3.8) is 0 Å². The first-order chi connectivity index (χ1) is 11.7. The second kappa shape index (κ2) is 9.01. The largest absolute Gasteiger partial charge is 1.00 e. The van der Waals surface area contributed by atoms with Gasteiger partial charge in [-0.15, -0.1) is 17.9 Å². The predicted molar refractivity (Wildman–Crippen MR) is 97.8 cm³/mol. The highest BCUT2D eigenvalue weighted by Crippen LogP contribution is 2.35. The molecule has 1 amide bonds. The molecule has 0 spiro atoms. The number of hydrogen-bond acceptors (Lipinski definition) is 3. The van der Waals surface area contributed by atoms with Gasteiger partial charge < -0.3 is 26.2 Å². The zero-order valence-corrected chi connectivity index (χ0v) is 17.0. The molecule has 25 heavy (non-hydrogen) atoms. The van der Waals surface area contributed by atoms with E-state index in [1.165, 1.54) is 13.1 Å². The molecule has 1 aromatic heterocycles. The van der Waals surface area contributed by atoms with Gasteiger partial charge in [0.05, 0.1) is 26.2 Å². The van der Waals surface area contributed by atoms with Gasteiger partial charge in [-0.2, -0.15) is 0 Å². The predicted octanol–water partition coefficient (Wildman–Crippen LogP) is 0.672. The molecule has 4 heterocycles. The molecule has 4 nitrogen and oxygen atoms in total. The number of thiophene rings is 1. The Kier molecular flexibility index (Phi) is 7.28. The summed E-state index contributed by atoms with van der Waals surface area (Å²) in [5.74, 6) is 0.520. The molecular weight excluding hydrogens is 400 g/mol. The van der Waals surface area contributed by atoms with E-state index in [-0.39, 0.29) is 29.2 Å². The molecule has 3 aliphatic heterocycles. The van der Waals surface area contributed by atoms with Gasteiger partial charge >= 0.3 is 6.09 Å². The van der Waals surface area contributed by atoms with E-state index in [1.54, 1.807) is 22.3 Å². The van der Waals surface area contributed by atoms with Gasteiger partial charge in [-0.1, -0.05) is 18.7 Å². The minimum absolute atomic E-state index is 0. The van der Waals surface area contributed by atoms with Crippen LogP contribution in [-0.4, -0.2) is 54.3 Å². The number of piperidine rings is 3. The molecule has 0 unspecified atom stereocenters. The van der Waals surface area contributed by atoms with E-state index in [4.69, 9.17) is 4.74 Å². The molecule has 0 aliphatic carbocycles. The van der Waals surface area contributed by atoms with Gasteiger partial charge in [-0.3, -0.25) is 4.90 Å². The topological polar surface area (TPSA) is 29.5 Å². The first kappa shape index (κ1) is 20.2. The summed E-state index contributed by atoms with van der Waals surface area (Å²) in [4.78, 5) is 15.6. The molecule has 6 heteroatoms. The number of carbonyl (C=O) groups is 1. The molecule has 1 atom stereocenters. The molecule has 3 saturated heterocycles. The lowest BCUT2D eigenvalue weighted by molar-refractivity contribution is -0.941. The highest BCUT2D eigenvalue weighted by Gasteiger charge is 2.47. The number of nitrogens with zero attached hydrogens (tertiary/aromatic N) is 2. The summed E-state index contributed by atoms with van der Waals surface area (Å²) in [6, 6.07) is 4.06. The van der Waals surface area contributed by atoms with E-state index < -0.39 is 0 Å². The summed E-state index contributed by atoms with van der Waals surface area (Å²) >= 11 is 1.66. The van der Waals surface area contributed by atoms with Gasteiger partial charge in [0.1, 0.15) is 6.54 Å². The zero-order valence-electron chi connectivity index (χ0n) is 14.6. The van der Waals surface area contributed by atoms with Crippen molar-refractivity contribution in [1.29, 1.82) is 0 Å². The molecule has 0 N–H and O–H groups in total. The lowest BCUT2D eigenvalue weighted by Gasteiger charge is -2.51. The summed E-state index contributed by atoms with van der Waals surface area (Å²) in [7, 11) is 0. The third-order valence-corrected chi connectivity index (χ3v) is 6.21. The average Bonchev–Trinajstić information content (AvgIpc) is 3.08. The summed E-state index contributed by atoms with van der Waals surface area (Å²) in [5, 5.41) is 2.03. The Morgan fingerprint density at radius 2 is 2.12 bits per heavy atom. The third-order valence-electron chi connectivity index (χ3n) is 5.34. The van der Waals surface area contributed by atoms with E-state index in [0.717, 1.165) is 35.3 Å². The Labute approximate surface area is 165 Å². The number of rotatable bonds is 7. The maximum atomic E-state index is 12.7. The van der Waals surface area contributed by atoms with E-state index in [2.05, 4.69) is 13.2 Å². The normalized spacial score (nSPS) is 27.2. The minimum atomic E-state index is -0.209. The quantitative estimate of drug-likeness (QED) is 0.473. The average molecular weight is 427 g/mol. The van der Waals surface area contributed by atoms with Crippen LogP contribution in [0, 0.1) is 5.92 Å². The molecule has 0 radical (unpaired) electrons. The van der Waals surface area contributed by atoms with Crippen LogP contribution in [0.25, 0.3) is 0 Å². The van der Waals surface area contributed by atoms with Crippen molar-refractivity contribution in [3.8, 4) is 0 Å². The Bertz CT molecular complexity index is 582. The van der Waals surface area contributed by atoms with Crippen molar-refractivity contribution < 1.29 is 31.0 Å². The van der Waals surface area contributed by atoms with E-state index >= 15 is 0 Å². The molecular formula is C19H27BrN2O2S. The van der Waals surface area contributed by atoms with Crippen LogP contribution in [0.2, 0.25) is 0 Å². The van der Waals surface area contributed by atoms with Crippen LogP contribution in [-0.2, 0) is 11.3 Å². The van der Waals surface area contributed by atoms with Crippen molar-refractivity contribution in [2.24, 2.45) is 5.92 Å². The summed E-state index contributed by atoms with van der Waals surface area (Å²) in [6.45, 7) is 13.1. The van der Waals surface area contributed by atoms with Crippen LogP contribution < -0.4 is 17.0 Å². The zero-order chi connectivity index (χ0) is 17.0. The van der Waals surface area contributed by atoms with Crippen molar-refractivity contribution in [2.45, 2.75) is 25.5 Å². The van der Waals surface area contributed by atoms with Crippen molar-refractivity contribution in [2.75, 3.05) is 32.7 Å².